The van der Waals surface area contributed by atoms with Gasteiger partial charge in [-0.1, -0.05) is 72.8 Å². The van der Waals surface area contributed by atoms with Gasteiger partial charge in [0.2, 0.25) is 0 Å². The molecule has 1 nitrogen and oxygen atoms in total. The normalized spacial score (nSPS) is 18.6. The number of rotatable bonds is 5. The van der Waals surface area contributed by atoms with Crippen LogP contribution in [-0.2, 0) is 10.2 Å². The standard InChI is InChI=1S/C27H30O/c1-6-13-22-18-25(28-21(22)4)19-23(7-2)27(5,24-15-9-8-10-16-24)26-17-12-11-14-20(26)3/h6-17,19H,18H2,1-5H3/b13-6-,23-7+,25-19+. The fourth-order valence-electron chi connectivity index (χ4n) is 4.14. The summed E-state index contributed by atoms with van der Waals surface area (Å²) in [7, 11) is 0. The third-order valence-corrected chi connectivity index (χ3v) is 5.71. The van der Waals surface area contributed by atoms with Crippen LogP contribution in [0.25, 0.3) is 0 Å². The minimum atomic E-state index is -0.255. The second-order valence-electron chi connectivity index (χ2n) is 7.52. The molecule has 1 aliphatic heterocycles. The number of benzene rings is 2. The zero-order valence-corrected chi connectivity index (χ0v) is 17.6. The van der Waals surface area contributed by atoms with Crippen molar-refractivity contribution in [3.05, 3.63) is 118 Å². The van der Waals surface area contributed by atoms with Crippen LogP contribution in [0.5, 0.6) is 0 Å². The zero-order chi connectivity index (χ0) is 20.1. The fourth-order valence-corrected chi connectivity index (χ4v) is 4.14. The Morgan fingerprint density at radius 2 is 1.64 bits per heavy atom. The van der Waals surface area contributed by atoms with E-state index in [0.29, 0.717) is 0 Å². The first kappa shape index (κ1) is 19.9. The van der Waals surface area contributed by atoms with E-state index in [1.54, 1.807) is 0 Å². The molecule has 2 aromatic rings. The molecule has 0 N–H and O–H groups in total. The van der Waals surface area contributed by atoms with Crippen molar-refractivity contribution >= 4 is 0 Å². The van der Waals surface area contributed by atoms with Crippen LogP contribution < -0.4 is 0 Å². The molecule has 0 fully saturated rings. The smallest absolute Gasteiger partial charge is 0.108 e. The number of aryl methyl sites for hydroxylation is 1. The maximum atomic E-state index is 6.10. The van der Waals surface area contributed by atoms with Gasteiger partial charge in [-0.15, -0.1) is 0 Å². The van der Waals surface area contributed by atoms with Crippen molar-refractivity contribution in [3.8, 4) is 0 Å². The molecule has 0 spiro atoms. The van der Waals surface area contributed by atoms with Crippen LogP contribution in [0.15, 0.2) is 102 Å². The van der Waals surface area contributed by atoms with E-state index in [0.717, 1.165) is 17.9 Å². The van der Waals surface area contributed by atoms with E-state index in [-0.39, 0.29) is 5.41 Å². The highest BCUT2D eigenvalue weighted by molar-refractivity contribution is 5.54. The fraction of sp³-hybridized carbons (Fsp3) is 0.259. The molecule has 0 saturated carbocycles. The lowest BCUT2D eigenvalue weighted by Gasteiger charge is -2.34. The minimum Gasteiger partial charge on any atom is -0.466 e. The highest BCUT2D eigenvalue weighted by Crippen LogP contribution is 2.42. The molecule has 0 bridgehead atoms. The van der Waals surface area contributed by atoms with Gasteiger partial charge in [-0.3, -0.25) is 0 Å². The Hall–Kier alpha value is -2.80. The van der Waals surface area contributed by atoms with Crippen LogP contribution in [0.1, 0.15) is 50.8 Å². The van der Waals surface area contributed by atoms with Crippen molar-refractivity contribution in [2.75, 3.05) is 0 Å². The van der Waals surface area contributed by atoms with Gasteiger partial charge in [-0.2, -0.15) is 0 Å². The third-order valence-electron chi connectivity index (χ3n) is 5.71. The van der Waals surface area contributed by atoms with Crippen LogP contribution in [0, 0.1) is 6.92 Å². The average Bonchev–Trinajstić information content (AvgIpc) is 3.06. The number of ether oxygens (including phenoxy) is 1. The van der Waals surface area contributed by atoms with E-state index >= 15 is 0 Å². The van der Waals surface area contributed by atoms with Gasteiger partial charge in [0.05, 0.1) is 0 Å². The second kappa shape index (κ2) is 8.48. The molecular weight excluding hydrogens is 340 g/mol. The number of hydrogen-bond acceptors (Lipinski definition) is 1. The largest absolute Gasteiger partial charge is 0.466 e. The van der Waals surface area contributed by atoms with Crippen molar-refractivity contribution in [1.82, 2.24) is 0 Å². The quantitative estimate of drug-likeness (QED) is 0.533. The van der Waals surface area contributed by atoms with Gasteiger partial charge in [0, 0.05) is 11.8 Å². The molecule has 1 aliphatic rings. The van der Waals surface area contributed by atoms with Crippen molar-refractivity contribution in [1.29, 1.82) is 0 Å². The molecular formula is C27H30O. The predicted octanol–water partition coefficient (Wildman–Crippen LogP) is 7.40. The Bertz CT molecular complexity index is 957. The molecule has 0 amide bonds. The van der Waals surface area contributed by atoms with Crippen molar-refractivity contribution < 1.29 is 4.74 Å². The van der Waals surface area contributed by atoms with Crippen molar-refractivity contribution in [3.63, 3.8) is 0 Å². The van der Waals surface area contributed by atoms with Gasteiger partial charge in [0.1, 0.15) is 11.5 Å². The van der Waals surface area contributed by atoms with Crippen LogP contribution in [-0.4, -0.2) is 0 Å². The summed E-state index contributed by atoms with van der Waals surface area (Å²) in [6.07, 6.45) is 9.51. The summed E-state index contributed by atoms with van der Waals surface area (Å²) in [4.78, 5) is 0. The van der Waals surface area contributed by atoms with E-state index < -0.39 is 0 Å². The molecule has 0 aromatic heterocycles. The van der Waals surface area contributed by atoms with Gasteiger partial charge in [0.25, 0.3) is 0 Å². The van der Waals surface area contributed by atoms with E-state index in [4.69, 9.17) is 4.74 Å². The molecule has 0 radical (unpaired) electrons. The Morgan fingerprint density at radius 3 is 2.29 bits per heavy atom. The Labute approximate surface area is 169 Å². The summed E-state index contributed by atoms with van der Waals surface area (Å²) < 4.78 is 6.10. The maximum absolute atomic E-state index is 6.10. The topological polar surface area (TPSA) is 9.23 Å². The average molecular weight is 371 g/mol. The van der Waals surface area contributed by atoms with Gasteiger partial charge < -0.3 is 4.74 Å². The predicted molar refractivity (Wildman–Crippen MR) is 119 cm³/mol. The molecule has 0 saturated heterocycles. The summed E-state index contributed by atoms with van der Waals surface area (Å²) in [5.41, 5.74) is 6.14. The summed E-state index contributed by atoms with van der Waals surface area (Å²) >= 11 is 0. The van der Waals surface area contributed by atoms with Crippen molar-refractivity contribution in [2.24, 2.45) is 0 Å². The molecule has 1 heteroatoms. The Kier molecular flexibility index (Phi) is 6.04. The first-order chi connectivity index (χ1) is 13.5. The van der Waals surface area contributed by atoms with Gasteiger partial charge >= 0.3 is 0 Å². The van der Waals surface area contributed by atoms with Gasteiger partial charge in [0.15, 0.2) is 0 Å². The van der Waals surface area contributed by atoms with E-state index in [2.05, 4.69) is 99.7 Å². The maximum Gasteiger partial charge on any atom is 0.108 e. The lowest BCUT2D eigenvalue weighted by atomic mass is 9.69. The Balaban J connectivity index is 2.11. The van der Waals surface area contributed by atoms with Crippen LogP contribution >= 0.6 is 0 Å². The summed E-state index contributed by atoms with van der Waals surface area (Å²) in [6, 6.07) is 19.4. The van der Waals surface area contributed by atoms with Crippen LogP contribution in [0.3, 0.4) is 0 Å². The molecule has 28 heavy (non-hydrogen) atoms. The molecule has 1 unspecified atom stereocenters. The van der Waals surface area contributed by atoms with Crippen LogP contribution in [0.2, 0.25) is 0 Å². The summed E-state index contributed by atoms with van der Waals surface area (Å²) in [5, 5.41) is 0. The zero-order valence-electron chi connectivity index (χ0n) is 17.6. The molecule has 2 aromatic carbocycles. The highest BCUT2D eigenvalue weighted by atomic mass is 16.5. The van der Waals surface area contributed by atoms with Crippen LogP contribution in [0.4, 0.5) is 0 Å². The molecule has 3 rings (SSSR count). The monoisotopic (exact) mass is 370 g/mol. The van der Waals surface area contributed by atoms with Gasteiger partial charge in [-0.25, -0.2) is 0 Å². The lowest BCUT2D eigenvalue weighted by Crippen LogP contribution is -2.27. The number of allylic oxidation sites excluding steroid dienone is 7. The highest BCUT2D eigenvalue weighted by Gasteiger charge is 2.33. The minimum absolute atomic E-state index is 0.255. The molecule has 1 atom stereocenters. The second-order valence-corrected chi connectivity index (χ2v) is 7.52. The van der Waals surface area contributed by atoms with E-state index in [1.807, 2.05) is 13.8 Å². The molecule has 144 valence electrons. The number of hydrogen-bond donors (Lipinski definition) is 0. The lowest BCUT2D eigenvalue weighted by molar-refractivity contribution is 0.324. The van der Waals surface area contributed by atoms with Gasteiger partial charge in [-0.05, 0) is 68.5 Å². The van der Waals surface area contributed by atoms with Crippen molar-refractivity contribution in [2.45, 2.75) is 46.5 Å². The third kappa shape index (κ3) is 3.75. The molecule has 0 aliphatic carbocycles. The first-order valence-corrected chi connectivity index (χ1v) is 10.00. The SMILES string of the molecule is C/C=C\C1=C(C)O/C(=C/C(=C\C)C(C)(c2ccccc2)c2ccccc2C)C1. The first-order valence-electron chi connectivity index (χ1n) is 10.00. The van der Waals surface area contributed by atoms with E-state index in [1.165, 1.54) is 27.8 Å². The Morgan fingerprint density at radius 1 is 0.964 bits per heavy atom. The summed E-state index contributed by atoms with van der Waals surface area (Å²) in [6.45, 7) is 10.7. The van der Waals surface area contributed by atoms with E-state index in [9.17, 15) is 0 Å². The summed E-state index contributed by atoms with van der Waals surface area (Å²) in [5.74, 6) is 2.01. The molecule has 1 heterocycles.